The van der Waals surface area contributed by atoms with Crippen LogP contribution >= 0.6 is 0 Å². The van der Waals surface area contributed by atoms with Crippen molar-refractivity contribution in [2.45, 2.75) is 44.3 Å². The molecule has 0 aromatic heterocycles. The molecule has 0 aromatic rings. The summed E-state index contributed by atoms with van der Waals surface area (Å²) in [7, 11) is 0. The quantitative estimate of drug-likeness (QED) is 0.541. The lowest BCUT2D eigenvalue weighted by Crippen LogP contribution is -2.28. The van der Waals surface area contributed by atoms with Crippen molar-refractivity contribution in [3.05, 3.63) is 24.3 Å². The Balaban J connectivity index is 2.09. The van der Waals surface area contributed by atoms with Crippen LogP contribution in [0.4, 0.5) is 0 Å². The van der Waals surface area contributed by atoms with E-state index in [1.165, 1.54) is 12.8 Å². The highest BCUT2D eigenvalue weighted by molar-refractivity contribution is 5.22. The SMILES string of the molecule is CCC1C=CC2(C=CCCC2)O1. The van der Waals surface area contributed by atoms with E-state index in [0.717, 1.165) is 12.8 Å². The molecule has 0 saturated carbocycles. The Morgan fingerprint density at radius 3 is 3.00 bits per heavy atom. The van der Waals surface area contributed by atoms with Crippen molar-refractivity contribution in [1.82, 2.24) is 0 Å². The summed E-state index contributed by atoms with van der Waals surface area (Å²) >= 11 is 0. The van der Waals surface area contributed by atoms with E-state index >= 15 is 0 Å². The number of hydrogen-bond donors (Lipinski definition) is 0. The summed E-state index contributed by atoms with van der Waals surface area (Å²) in [6.07, 6.45) is 14.0. The van der Waals surface area contributed by atoms with Crippen LogP contribution in [0.1, 0.15) is 32.6 Å². The molecule has 0 N–H and O–H groups in total. The van der Waals surface area contributed by atoms with Crippen LogP contribution in [0.2, 0.25) is 0 Å². The van der Waals surface area contributed by atoms with Gasteiger partial charge in [-0.15, -0.1) is 0 Å². The van der Waals surface area contributed by atoms with Gasteiger partial charge in [0.25, 0.3) is 0 Å². The summed E-state index contributed by atoms with van der Waals surface area (Å²) in [5.41, 5.74) is -0.0150. The number of hydrogen-bond acceptors (Lipinski definition) is 1. The molecule has 12 heavy (non-hydrogen) atoms. The molecule has 1 nitrogen and oxygen atoms in total. The second-order valence-corrected chi connectivity index (χ2v) is 3.67. The maximum atomic E-state index is 5.94. The Labute approximate surface area is 74.1 Å². The number of allylic oxidation sites excluding steroid dienone is 1. The van der Waals surface area contributed by atoms with Crippen molar-refractivity contribution in [1.29, 1.82) is 0 Å². The van der Waals surface area contributed by atoms with Crippen LogP contribution < -0.4 is 0 Å². The fourth-order valence-corrected chi connectivity index (χ4v) is 1.95. The van der Waals surface area contributed by atoms with E-state index in [2.05, 4.69) is 31.2 Å². The van der Waals surface area contributed by atoms with Gasteiger partial charge in [-0.1, -0.05) is 31.2 Å². The zero-order valence-corrected chi connectivity index (χ0v) is 7.62. The molecule has 2 atom stereocenters. The highest BCUT2D eigenvalue weighted by atomic mass is 16.5. The minimum atomic E-state index is -0.0150. The molecule has 0 amide bonds. The first kappa shape index (κ1) is 8.06. The summed E-state index contributed by atoms with van der Waals surface area (Å²) in [4.78, 5) is 0. The lowest BCUT2D eigenvalue weighted by molar-refractivity contribution is -0.00114. The van der Waals surface area contributed by atoms with Gasteiger partial charge in [-0.05, 0) is 25.7 Å². The fourth-order valence-electron chi connectivity index (χ4n) is 1.95. The molecule has 0 radical (unpaired) electrons. The number of rotatable bonds is 1. The molecule has 1 aliphatic carbocycles. The van der Waals surface area contributed by atoms with E-state index in [0.29, 0.717) is 6.10 Å². The lowest BCUT2D eigenvalue weighted by Gasteiger charge is -2.28. The van der Waals surface area contributed by atoms with Crippen LogP contribution in [0.25, 0.3) is 0 Å². The summed E-state index contributed by atoms with van der Waals surface area (Å²) in [6, 6.07) is 0. The van der Waals surface area contributed by atoms with Gasteiger partial charge in [0.05, 0.1) is 6.10 Å². The van der Waals surface area contributed by atoms with Crippen LogP contribution in [0.5, 0.6) is 0 Å². The molecule has 0 fully saturated rings. The Bertz CT molecular complexity index is 217. The van der Waals surface area contributed by atoms with Crippen molar-refractivity contribution in [2.75, 3.05) is 0 Å². The van der Waals surface area contributed by atoms with E-state index in [-0.39, 0.29) is 5.60 Å². The minimum absolute atomic E-state index is 0.0150. The Hall–Kier alpha value is -0.560. The second-order valence-electron chi connectivity index (χ2n) is 3.67. The van der Waals surface area contributed by atoms with Gasteiger partial charge in [0.1, 0.15) is 5.60 Å². The first-order valence-corrected chi connectivity index (χ1v) is 4.89. The van der Waals surface area contributed by atoms with E-state index in [1.807, 2.05) is 0 Å². The van der Waals surface area contributed by atoms with Crippen LogP contribution in [-0.4, -0.2) is 11.7 Å². The number of ether oxygens (including phenoxy) is 1. The maximum Gasteiger partial charge on any atom is 0.105 e. The van der Waals surface area contributed by atoms with Crippen LogP contribution in [0.3, 0.4) is 0 Å². The van der Waals surface area contributed by atoms with Crippen LogP contribution in [-0.2, 0) is 4.74 Å². The molecule has 0 aromatic carbocycles. The van der Waals surface area contributed by atoms with Crippen molar-refractivity contribution in [3.63, 3.8) is 0 Å². The first-order chi connectivity index (χ1) is 5.85. The van der Waals surface area contributed by atoms with Crippen molar-refractivity contribution < 1.29 is 4.74 Å². The zero-order chi connectivity index (χ0) is 8.44. The minimum Gasteiger partial charge on any atom is -0.360 e. The van der Waals surface area contributed by atoms with Gasteiger partial charge in [-0.3, -0.25) is 0 Å². The topological polar surface area (TPSA) is 9.23 Å². The van der Waals surface area contributed by atoms with E-state index in [4.69, 9.17) is 4.74 Å². The summed E-state index contributed by atoms with van der Waals surface area (Å²) in [5, 5.41) is 0. The van der Waals surface area contributed by atoms with Gasteiger partial charge in [0.2, 0.25) is 0 Å². The molecule has 1 heterocycles. The molecule has 1 aliphatic heterocycles. The largest absolute Gasteiger partial charge is 0.360 e. The molecular weight excluding hydrogens is 148 g/mol. The average molecular weight is 164 g/mol. The predicted molar refractivity (Wildman–Crippen MR) is 50.0 cm³/mol. The van der Waals surface area contributed by atoms with Gasteiger partial charge >= 0.3 is 0 Å². The predicted octanol–water partition coefficient (Wildman–Crippen LogP) is 2.83. The molecule has 2 rings (SSSR count). The lowest BCUT2D eigenvalue weighted by atomic mass is 9.91. The first-order valence-electron chi connectivity index (χ1n) is 4.89. The maximum absolute atomic E-state index is 5.94. The van der Waals surface area contributed by atoms with Gasteiger partial charge in [-0.25, -0.2) is 0 Å². The van der Waals surface area contributed by atoms with Gasteiger partial charge in [-0.2, -0.15) is 0 Å². The Morgan fingerprint density at radius 1 is 1.50 bits per heavy atom. The van der Waals surface area contributed by atoms with Crippen LogP contribution in [0, 0.1) is 0 Å². The van der Waals surface area contributed by atoms with Crippen LogP contribution in [0.15, 0.2) is 24.3 Å². The third-order valence-electron chi connectivity index (χ3n) is 2.70. The molecule has 66 valence electrons. The normalized spacial score (nSPS) is 39.6. The third kappa shape index (κ3) is 1.34. The molecule has 2 unspecified atom stereocenters. The molecule has 1 heteroatoms. The monoisotopic (exact) mass is 164 g/mol. The third-order valence-corrected chi connectivity index (χ3v) is 2.70. The van der Waals surface area contributed by atoms with Gasteiger partial charge in [0.15, 0.2) is 0 Å². The standard InChI is InChI=1S/C11H16O/c1-2-10-6-9-11(12-10)7-4-3-5-8-11/h4,6-7,9-10H,2-3,5,8H2,1H3. The zero-order valence-electron chi connectivity index (χ0n) is 7.62. The van der Waals surface area contributed by atoms with Crippen molar-refractivity contribution in [2.24, 2.45) is 0 Å². The molecule has 2 aliphatic rings. The van der Waals surface area contributed by atoms with Gasteiger partial charge < -0.3 is 4.74 Å². The van der Waals surface area contributed by atoms with Crippen molar-refractivity contribution >= 4 is 0 Å². The highest BCUT2D eigenvalue weighted by Crippen LogP contribution is 2.33. The smallest absolute Gasteiger partial charge is 0.105 e. The summed E-state index contributed by atoms with van der Waals surface area (Å²) < 4.78 is 5.94. The van der Waals surface area contributed by atoms with Crippen molar-refractivity contribution in [3.8, 4) is 0 Å². The molecule has 0 bridgehead atoms. The van der Waals surface area contributed by atoms with E-state index < -0.39 is 0 Å². The summed E-state index contributed by atoms with van der Waals surface area (Å²) in [5.74, 6) is 0. The fraction of sp³-hybridized carbons (Fsp3) is 0.636. The molecular formula is C11H16O. The highest BCUT2D eigenvalue weighted by Gasteiger charge is 2.32. The second kappa shape index (κ2) is 3.06. The average Bonchev–Trinajstić information content (AvgIpc) is 2.50. The summed E-state index contributed by atoms with van der Waals surface area (Å²) in [6.45, 7) is 2.17. The molecule has 0 saturated heterocycles. The van der Waals surface area contributed by atoms with E-state index in [9.17, 15) is 0 Å². The van der Waals surface area contributed by atoms with E-state index in [1.54, 1.807) is 0 Å². The molecule has 1 spiro atoms. The Morgan fingerprint density at radius 2 is 2.42 bits per heavy atom. The van der Waals surface area contributed by atoms with Gasteiger partial charge in [0, 0.05) is 0 Å². The Kier molecular flexibility index (Phi) is 2.05.